The molecule has 0 N–H and O–H groups in total. The lowest BCUT2D eigenvalue weighted by molar-refractivity contribution is 0.102. The quantitative estimate of drug-likeness (QED) is 0.507. The molecule has 0 saturated heterocycles. The largest absolute Gasteiger partial charge is 0.454 e. The molecule has 0 unspecified atom stereocenters. The molecule has 2 heteroatoms. The highest BCUT2D eigenvalue weighted by Gasteiger charge is 2.17. The van der Waals surface area contributed by atoms with E-state index in [9.17, 15) is 4.79 Å². The van der Waals surface area contributed by atoms with Gasteiger partial charge in [0.1, 0.15) is 6.10 Å². The fraction of sp³-hybridized carbons (Fsp3) is 0.800. The molecule has 0 aromatic heterocycles. The third-order valence-corrected chi connectivity index (χ3v) is 1.27. The molecule has 0 amide bonds. The first kappa shape index (κ1) is 4.62. The summed E-state index contributed by atoms with van der Waals surface area (Å²) >= 11 is 0. The van der Waals surface area contributed by atoms with Gasteiger partial charge in [0.15, 0.2) is 0 Å². The van der Waals surface area contributed by atoms with Crippen molar-refractivity contribution in [3.63, 3.8) is 0 Å². The topological polar surface area (TPSA) is 26.3 Å². The Kier molecular flexibility index (Phi) is 1.29. The van der Waals surface area contributed by atoms with Gasteiger partial charge in [-0.1, -0.05) is 0 Å². The third-order valence-electron chi connectivity index (χ3n) is 1.27. The molecule has 1 radical (unpaired) electrons. The molecule has 0 bridgehead atoms. The van der Waals surface area contributed by atoms with E-state index in [0.717, 1.165) is 12.8 Å². The zero-order chi connectivity index (χ0) is 5.11. The lowest BCUT2D eigenvalue weighted by Crippen LogP contribution is -2.20. The van der Waals surface area contributed by atoms with Crippen LogP contribution in [0.1, 0.15) is 19.3 Å². The van der Waals surface area contributed by atoms with Crippen LogP contribution in [-0.4, -0.2) is 12.6 Å². The summed E-state index contributed by atoms with van der Waals surface area (Å²) in [7, 11) is 0. The molecule has 0 aromatic rings. The van der Waals surface area contributed by atoms with E-state index < -0.39 is 0 Å². The maximum atomic E-state index is 9.46. The van der Waals surface area contributed by atoms with E-state index in [1.165, 1.54) is 12.9 Å². The highest BCUT2D eigenvalue weighted by molar-refractivity contribution is 5.38. The standard InChI is InChI=1S/C5H7O2/c6-4-7-5-2-1-3-5/h5H,1-3H2. The highest BCUT2D eigenvalue weighted by atomic mass is 16.5. The smallest absolute Gasteiger partial charge is 0.417 e. The SMILES string of the molecule is O=[C]OC1CCC1. The van der Waals surface area contributed by atoms with Crippen molar-refractivity contribution in [2.24, 2.45) is 0 Å². The summed E-state index contributed by atoms with van der Waals surface area (Å²) in [4.78, 5) is 9.46. The van der Waals surface area contributed by atoms with E-state index in [0.29, 0.717) is 0 Å². The molecule has 1 saturated carbocycles. The van der Waals surface area contributed by atoms with Gasteiger partial charge < -0.3 is 4.74 Å². The van der Waals surface area contributed by atoms with Crippen LogP contribution in [0.5, 0.6) is 0 Å². The summed E-state index contributed by atoms with van der Waals surface area (Å²) in [5.74, 6) is 0. The van der Waals surface area contributed by atoms with Crippen molar-refractivity contribution >= 4 is 6.47 Å². The van der Waals surface area contributed by atoms with Crippen LogP contribution < -0.4 is 0 Å². The average molecular weight is 99.1 g/mol. The van der Waals surface area contributed by atoms with Gasteiger partial charge in [-0.15, -0.1) is 0 Å². The van der Waals surface area contributed by atoms with E-state index >= 15 is 0 Å². The monoisotopic (exact) mass is 99.0 g/mol. The molecule has 1 fully saturated rings. The number of hydrogen-bond donors (Lipinski definition) is 0. The highest BCUT2D eigenvalue weighted by Crippen LogP contribution is 2.20. The Morgan fingerprint density at radius 3 is 2.43 bits per heavy atom. The maximum absolute atomic E-state index is 9.46. The normalized spacial score (nSPS) is 20.6. The molecule has 2 nitrogen and oxygen atoms in total. The first-order chi connectivity index (χ1) is 3.43. The minimum atomic E-state index is 0.206. The van der Waals surface area contributed by atoms with Crippen LogP contribution in [0.2, 0.25) is 0 Å². The van der Waals surface area contributed by atoms with Gasteiger partial charge in [0.2, 0.25) is 0 Å². The van der Waals surface area contributed by atoms with Crippen LogP contribution in [0.3, 0.4) is 0 Å². The van der Waals surface area contributed by atoms with Gasteiger partial charge in [0.05, 0.1) is 0 Å². The summed E-state index contributed by atoms with van der Waals surface area (Å²) in [5.41, 5.74) is 0. The molecule has 1 aliphatic rings. The van der Waals surface area contributed by atoms with Crippen LogP contribution in [0.15, 0.2) is 0 Å². The first-order valence-corrected chi connectivity index (χ1v) is 2.46. The first-order valence-electron chi connectivity index (χ1n) is 2.46. The second-order valence-electron chi connectivity index (χ2n) is 1.75. The zero-order valence-electron chi connectivity index (χ0n) is 4.02. The van der Waals surface area contributed by atoms with Gasteiger partial charge in [0.25, 0.3) is 0 Å². The van der Waals surface area contributed by atoms with Gasteiger partial charge in [-0.05, 0) is 19.3 Å². The molecule has 0 aliphatic heterocycles. The van der Waals surface area contributed by atoms with Crippen LogP contribution in [0, 0.1) is 0 Å². The minimum absolute atomic E-state index is 0.206. The Labute approximate surface area is 42.5 Å². The van der Waals surface area contributed by atoms with Crippen LogP contribution in [0.4, 0.5) is 0 Å². The van der Waals surface area contributed by atoms with E-state index in [4.69, 9.17) is 0 Å². The Bertz CT molecular complexity index is 66.5. The Morgan fingerprint density at radius 2 is 2.29 bits per heavy atom. The van der Waals surface area contributed by atoms with E-state index in [2.05, 4.69) is 4.74 Å². The zero-order valence-corrected chi connectivity index (χ0v) is 4.02. The second kappa shape index (κ2) is 1.96. The van der Waals surface area contributed by atoms with Gasteiger partial charge in [-0.2, -0.15) is 0 Å². The Hall–Kier alpha value is -0.530. The number of hydrogen-bond acceptors (Lipinski definition) is 2. The van der Waals surface area contributed by atoms with Crippen molar-refractivity contribution in [3.8, 4) is 0 Å². The minimum Gasteiger partial charge on any atom is -0.454 e. The van der Waals surface area contributed by atoms with Gasteiger partial charge in [-0.3, -0.25) is 0 Å². The molecule has 7 heavy (non-hydrogen) atoms. The van der Waals surface area contributed by atoms with Crippen LogP contribution in [-0.2, 0) is 9.53 Å². The number of carbonyl (C=O) groups excluding carboxylic acids is 1. The van der Waals surface area contributed by atoms with Crippen molar-refractivity contribution < 1.29 is 9.53 Å². The van der Waals surface area contributed by atoms with Crippen molar-refractivity contribution in [1.82, 2.24) is 0 Å². The van der Waals surface area contributed by atoms with Crippen LogP contribution in [0.25, 0.3) is 0 Å². The second-order valence-corrected chi connectivity index (χ2v) is 1.75. The molecule has 0 aromatic carbocycles. The molecule has 0 atom stereocenters. The van der Waals surface area contributed by atoms with E-state index in [-0.39, 0.29) is 6.10 Å². The fourth-order valence-corrected chi connectivity index (χ4v) is 0.557. The maximum Gasteiger partial charge on any atom is 0.417 e. The predicted octanol–water partition coefficient (Wildman–Crippen LogP) is 0.623. The van der Waals surface area contributed by atoms with Crippen molar-refractivity contribution in [2.75, 3.05) is 0 Å². The Balaban J connectivity index is 2.03. The molecule has 0 heterocycles. The van der Waals surface area contributed by atoms with E-state index in [1.807, 2.05) is 0 Å². The summed E-state index contributed by atoms with van der Waals surface area (Å²) in [6.45, 7) is 1.42. The molecular formula is C5H7O2. The van der Waals surface area contributed by atoms with E-state index in [1.54, 1.807) is 0 Å². The third kappa shape index (κ3) is 0.918. The van der Waals surface area contributed by atoms with Crippen molar-refractivity contribution in [1.29, 1.82) is 0 Å². The molecule has 39 valence electrons. The lowest BCUT2D eigenvalue weighted by atomic mass is 9.96. The summed E-state index contributed by atoms with van der Waals surface area (Å²) in [6, 6.07) is 0. The average Bonchev–Trinajstić information content (AvgIpc) is 1.55. The fourth-order valence-electron chi connectivity index (χ4n) is 0.557. The number of rotatable bonds is 2. The van der Waals surface area contributed by atoms with Crippen LogP contribution >= 0.6 is 0 Å². The summed E-state index contributed by atoms with van der Waals surface area (Å²) < 4.78 is 4.47. The van der Waals surface area contributed by atoms with Crippen molar-refractivity contribution in [2.45, 2.75) is 25.4 Å². The lowest BCUT2D eigenvalue weighted by Gasteiger charge is -2.21. The summed E-state index contributed by atoms with van der Waals surface area (Å²) in [5, 5.41) is 0. The molecule has 1 aliphatic carbocycles. The molecular weight excluding hydrogens is 92.1 g/mol. The number of ether oxygens (including phenoxy) is 1. The van der Waals surface area contributed by atoms with Crippen molar-refractivity contribution in [3.05, 3.63) is 0 Å². The van der Waals surface area contributed by atoms with Gasteiger partial charge in [0, 0.05) is 0 Å². The molecule has 1 rings (SSSR count). The Morgan fingerprint density at radius 1 is 1.57 bits per heavy atom. The summed E-state index contributed by atoms with van der Waals surface area (Å²) in [6.07, 6.45) is 3.48. The van der Waals surface area contributed by atoms with Gasteiger partial charge >= 0.3 is 6.47 Å². The predicted molar refractivity (Wildman–Crippen MR) is 24.4 cm³/mol. The van der Waals surface area contributed by atoms with Gasteiger partial charge in [-0.25, -0.2) is 4.79 Å². The molecule has 0 spiro atoms.